The Labute approximate surface area is 118 Å². The van der Waals surface area contributed by atoms with Gasteiger partial charge >= 0.3 is 0 Å². The van der Waals surface area contributed by atoms with Gasteiger partial charge in [-0.3, -0.25) is 4.79 Å². The van der Waals surface area contributed by atoms with E-state index in [0.717, 1.165) is 5.39 Å². The second-order valence-electron chi connectivity index (χ2n) is 4.20. The third-order valence-electron chi connectivity index (χ3n) is 2.81. The van der Waals surface area contributed by atoms with E-state index >= 15 is 0 Å². The number of pyridine rings is 2. The Kier molecular flexibility index (Phi) is 3.12. The van der Waals surface area contributed by atoms with Crippen molar-refractivity contribution in [1.29, 1.82) is 0 Å². The van der Waals surface area contributed by atoms with Crippen molar-refractivity contribution < 1.29 is 4.39 Å². The van der Waals surface area contributed by atoms with Crippen LogP contribution >= 0.6 is 11.6 Å². The minimum absolute atomic E-state index is 0.0160. The van der Waals surface area contributed by atoms with Gasteiger partial charge in [0, 0.05) is 23.3 Å². The van der Waals surface area contributed by atoms with E-state index in [4.69, 9.17) is 11.6 Å². The van der Waals surface area contributed by atoms with Gasteiger partial charge in [-0.05, 0) is 30.3 Å². The van der Waals surface area contributed by atoms with Crippen molar-refractivity contribution in [3.05, 3.63) is 63.8 Å². The molecule has 0 saturated carbocycles. The molecular formula is C14H9ClFN3O. The van der Waals surface area contributed by atoms with Gasteiger partial charge in [-0.25, -0.2) is 9.37 Å². The highest BCUT2D eigenvalue weighted by Gasteiger charge is 2.06. The van der Waals surface area contributed by atoms with Crippen LogP contribution in [-0.2, 0) is 0 Å². The van der Waals surface area contributed by atoms with Crippen LogP contribution in [0.4, 0.5) is 15.8 Å². The predicted molar refractivity (Wildman–Crippen MR) is 77.1 cm³/mol. The Morgan fingerprint density at radius 1 is 1.25 bits per heavy atom. The van der Waals surface area contributed by atoms with Crippen LogP contribution in [0.1, 0.15) is 0 Å². The van der Waals surface area contributed by atoms with Crippen LogP contribution in [0.15, 0.2) is 47.4 Å². The molecule has 0 aliphatic rings. The number of fused-ring (bicyclic) bond motifs is 1. The van der Waals surface area contributed by atoms with Gasteiger partial charge in [-0.2, -0.15) is 0 Å². The summed E-state index contributed by atoms with van der Waals surface area (Å²) in [5, 5.41) is 3.82. The molecule has 2 heterocycles. The number of rotatable bonds is 2. The van der Waals surface area contributed by atoms with Crippen LogP contribution in [0.3, 0.4) is 0 Å². The summed E-state index contributed by atoms with van der Waals surface area (Å²) >= 11 is 5.73. The summed E-state index contributed by atoms with van der Waals surface area (Å²) in [6.07, 6.45) is 1.59. The fraction of sp³-hybridized carbons (Fsp3) is 0. The minimum Gasteiger partial charge on any atom is -0.355 e. The molecule has 2 aromatic heterocycles. The van der Waals surface area contributed by atoms with Crippen molar-refractivity contribution in [2.24, 2.45) is 0 Å². The molecule has 4 nitrogen and oxygen atoms in total. The summed E-state index contributed by atoms with van der Waals surface area (Å²) in [5.74, 6) is -0.491. The molecule has 0 amide bonds. The highest BCUT2D eigenvalue weighted by Crippen LogP contribution is 2.25. The van der Waals surface area contributed by atoms with Gasteiger partial charge in [-0.1, -0.05) is 11.6 Å². The van der Waals surface area contributed by atoms with E-state index in [2.05, 4.69) is 15.3 Å². The lowest BCUT2D eigenvalue weighted by atomic mass is 10.2. The number of halogens is 2. The number of nitrogens with one attached hydrogen (secondary N) is 2. The van der Waals surface area contributed by atoms with Crippen molar-refractivity contribution in [3.63, 3.8) is 0 Å². The molecule has 0 bridgehead atoms. The van der Waals surface area contributed by atoms with Crippen LogP contribution in [0.25, 0.3) is 11.0 Å². The van der Waals surface area contributed by atoms with Gasteiger partial charge in [0.2, 0.25) is 0 Å². The van der Waals surface area contributed by atoms with E-state index in [9.17, 15) is 9.18 Å². The van der Waals surface area contributed by atoms with E-state index in [1.165, 1.54) is 18.2 Å². The highest BCUT2D eigenvalue weighted by atomic mass is 35.5. The number of hydrogen-bond acceptors (Lipinski definition) is 3. The maximum absolute atomic E-state index is 13.1. The smallest absolute Gasteiger partial charge is 0.251 e. The Bertz CT molecular complexity index is 847. The molecule has 0 aliphatic carbocycles. The monoisotopic (exact) mass is 289 g/mol. The van der Waals surface area contributed by atoms with Crippen LogP contribution in [0.5, 0.6) is 0 Å². The number of benzene rings is 1. The summed E-state index contributed by atoms with van der Waals surface area (Å²) in [7, 11) is 0. The van der Waals surface area contributed by atoms with Crippen LogP contribution in [0, 0.1) is 5.82 Å². The first-order chi connectivity index (χ1) is 9.63. The number of anilines is 2. The summed E-state index contributed by atoms with van der Waals surface area (Å²) in [5.41, 5.74) is 1.38. The molecule has 6 heteroatoms. The molecule has 0 saturated heterocycles. The first-order valence-electron chi connectivity index (χ1n) is 5.83. The van der Waals surface area contributed by atoms with E-state index in [1.54, 1.807) is 18.3 Å². The van der Waals surface area contributed by atoms with E-state index < -0.39 is 5.82 Å². The lowest BCUT2D eigenvalue weighted by molar-refractivity contribution is 0.628. The van der Waals surface area contributed by atoms with Crippen molar-refractivity contribution in [1.82, 2.24) is 9.97 Å². The zero-order valence-electron chi connectivity index (χ0n) is 10.2. The SMILES string of the molecule is O=c1cc(Nc2ccc(F)c(Cl)c2)c2cccnc2[nH]1. The van der Waals surface area contributed by atoms with Crippen LogP contribution < -0.4 is 10.9 Å². The van der Waals surface area contributed by atoms with Crippen molar-refractivity contribution in [2.75, 3.05) is 5.32 Å². The van der Waals surface area contributed by atoms with Crippen molar-refractivity contribution >= 4 is 34.0 Å². The summed E-state index contributed by atoms with van der Waals surface area (Å²) < 4.78 is 13.1. The average Bonchev–Trinajstić information content (AvgIpc) is 2.43. The Balaban J connectivity index is 2.10. The van der Waals surface area contributed by atoms with Gasteiger partial charge in [0.05, 0.1) is 10.7 Å². The van der Waals surface area contributed by atoms with Gasteiger partial charge in [-0.15, -0.1) is 0 Å². The lowest BCUT2D eigenvalue weighted by Gasteiger charge is -2.09. The summed E-state index contributed by atoms with van der Waals surface area (Å²) in [4.78, 5) is 18.3. The fourth-order valence-electron chi connectivity index (χ4n) is 1.92. The fourth-order valence-corrected chi connectivity index (χ4v) is 2.10. The van der Waals surface area contributed by atoms with Crippen molar-refractivity contribution in [2.45, 2.75) is 0 Å². The third-order valence-corrected chi connectivity index (χ3v) is 3.10. The van der Waals surface area contributed by atoms with Gasteiger partial charge in [0.1, 0.15) is 11.5 Å². The Morgan fingerprint density at radius 3 is 2.90 bits per heavy atom. The zero-order chi connectivity index (χ0) is 14.1. The van der Waals surface area contributed by atoms with Gasteiger partial charge in [0.25, 0.3) is 5.56 Å². The number of aromatic amines is 1. The molecule has 0 atom stereocenters. The largest absolute Gasteiger partial charge is 0.355 e. The third kappa shape index (κ3) is 2.35. The topological polar surface area (TPSA) is 57.8 Å². The molecule has 3 rings (SSSR count). The molecule has 3 aromatic rings. The minimum atomic E-state index is -0.491. The van der Waals surface area contributed by atoms with Crippen molar-refractivity contribution in [3.8, 4) is 0 Å². The summed E-state index contributed by atoms with van der Waals surface area (Å²) in [6, 6.07) is 9.28. The highest BCUT2D eigenvalue weighted by molar-refractivity contribution is 6.31. The first-order valence-corrected chi connectivity index (χ1v) is 6.21. The molecule has 0 aliphatic heterocycles. The molecular weight excluding hydrogens is 281 g/mol. The summed E-state index contributed by atoms with van der Waals surface area (Å²) in [6.45, 7) is 0. The first kappa shape index (κ1) is 12.6. The lowest BCUT2D eigenvalue weighted by Crippen LogP contribution is -2.07. The molecule has 2 N–H and O–H groups in total. The second kappa shape index (κ2) is 4.94. The second-order valence-corrected chi connectivity index (χ2v) is 4.61. The molecule has 1 aromatic carbocycles. The molecule has 20 heavy (non-hydrogen) atoms. The molecule has 0 unspecified atom stereocenters. The number of hydrogen-bond donors (Lipinski definition) is 2. The van der Waals surface area contributed by atoms with E-state index in [-0.39, 0.29) is 10.6 Å². The number of aromatic nitrogens is 2. The van der Waals surface area contributed by atoms with Gasteiger partial charge < -0.3 is 10.3 Å². The van der Waals surface area contributed by atoms with E-state index in [0.29, 0.717) is 17.0 Å². The number of nitrogens with zero attached hydrogens (tertiary/aromatic N) is 1. The maximum atomic E-state index is 13.1. The Morgan fingerprint density at radius 2 is 2.10 bits per heavy atom. The van der Waals surface area contributed by atoms with Gasteiger partial charge in [0.15, 0.2) is 0 Å². The van der Waals surface area contributed by atoms with E-state index in [1.807, 2.05) is 6.07 Å². The zero-order valence-corrected chi connectivity index (χ0v) is 10.9. The number of H-pyrrole nitrogens is 1. The molecule has 100 valence electrons. The molecule has 0 spiro atoms. The average molecular weight is 290 g/mol. The molecule has 0 radical (unpaired) electrons. The normalized spacial score (nSPS) is 10.7. The predicted octanol–water partition coefficient (Wildman–Crippen LogP) is 3.46. The molecule has 0 fully saturated rings. The Hall–Kier alpha value is -2.40. The van der Waals surface area contributed by atoms with Crippen LogP contribution in [-0.4, -0.2) is 9.97 Å². The quantitative estimate of drug-likeness (QED) is 0.759. The van der Waals surface area contributed by atoms with Crippen LogP contribution in [0.2, 0.25) is 5.02 Å². The maximum Gasteiger partial charge on any atom is 0.251 e. The standard InChI is InChI=1S/C14H9ClFN3O/c15-10-6-8(3-4-11(10)16)18-12-7-13(20)19-14-9(12)2-1-5-17-14/h1-7H,(H2,17,18,19,20).